The molecule has 0 aliphatic carbocycles. The third-order valence-electron chi connectivity index (χ3n) is 5.15. The van der Waals surface area contributed by atoms with Crippen LogP contribution in [0.3, 0.4) is 0 Å². The highest BCUT2D eigenvalue weighted by Gasteiger charge is 2.21. The Morgan fingerprint density at radius 1 is 1.04 bits per heavy atom. The van der Waals surface area contributed by atoms with E-state index in [2.05, 4.69) is 27.7 Å². The van der Waals surface area contributed by atoms with Crippen LogP contribution in [-0.4, -0.2) is 51.4 Å². The quantitative estimate of drug-likeness (QED) is 0.694. The number of hydrogen-bond acceptors (Lipinski definition) is 3. The van der Waals surface area contributed by atoms with Crippen LogP contribution in [0.15, 0.2) is 48.5 Å². The van der Waals surface area contributed by atoms with E-state index in [-0.39, 0.29) is 5.91 Å². The van der Waals surface area contributed by atoms with Crippen molar-refractivity contribution in [3.8, 4) is 0 Å². The van der Waals surface area contributed by atoms with E-state index in [0.717, 1.165) is 66.7 Å². The second-order valence-electron chi connectivity index (χ2n) is 7.02. The SMILES string of the molecule is CC(=O)N1CCN(Cc2nc3ccccc3n2Cc2cccc(Cl)c2)CC1. The van der Waals surface area contributed by atoms with Crippen molar-refractivity contribution in [1.29, 1.82) is 0 Å². The zero-order chi connectivity index (χ0) is 18.8. The van der Waals surface area contributed by atoms with Crippen LogP contribution in [0.25, 0.3) is 11.0 Å². The van der Waals surface area contributed by atoms with Crippen LogP contribution < -0.4 is 0 Å². The maximum absolute atomic E-state index is 11.5. The average Bonchev–Trinajstić information content (AvgIpc) is 2.99. The summed E-state index contributed by atoms with van der Waals surface area (Å²) >= 11 is 6.17. The van der Waals surface area contributed by atoms with Gasteiger partial charge in [0.15, 0.2) is 0 Å². The minimum absolute atomic E-state index is 0.155. The molecule has 0 radical (unpaired) electrons. The van der Waals surface area contributed by atoms with E-state index in [9.17, 15) is 4.79 Å². The van der Waals surface area contributed by atoms with Crippen LogP contribution in [0.5, 0.6) is 0 Å². The Labute approximate surface area is 164 Å². The molecule has 1 aliphatic heterocycles. The van der Waals surface area contributed by atoms with E-state index in [1.54, 1.807) is 6.92 Å². The lowest BCUT2D eigenvalue weighted by Gasteiger charge is -2.34. The molecule has 0 saturated carbocycles. The highest BCUT2D eigenvalue weighted by molar-refractivity contribution is 6.30. The number of amides is 1. The second-order valence-corrected chi connectivity index (χ2v) is 7.45. The zero-order valence-electron chi connectivity index (χ0n) is 15.4. The summed E-state index contributed by atoms with van der Waals surface area (Å²) in [5.74, 6) is 1.20. The number of hydrogen-bond donors (Lipinski definition) is 0. The van der Waals surface area contributed by atoms with Crippen molar-refractivity contribution in [3.63, 3.8) is 0 Å². The highest BCUT2D eigenvalue weighted by Crippen LogP contribution is 2.21. The minimum Gasteiger partial charge on any atom is -0.340 e. The van der Waals surface area contributed by atoms with Crippen LogP contribution >= 0.6 is 11.6 Å². The molecule has 0 atom stereocenters. The van der Waals surface area contributed by atoms with Crippen molar-refractivity contribution >= 4 is 28.5 Å². The normalized spacial score (nSPS) is 15.4. The summed E-state index contributed by atoms with van der Waals surface area (Å²) in [6, 6.07) is 16.2. The Bertz CT molecular complexity index is 960. The molecule has 2 aromatic carbocycles. The van der Waals surface area contributed by atoms with Crippen molar-refractivity contribution in [2.75, 3.05) is 26.2 Å². The number of benzene rings is 2. The van der Waals surface area contributed by atoms with E-state index >= 15 is 0 Å². The number of imidazole rings is 1. The first-order valence-electron chi connectivity index (χ1n) is 9.26. The first-order valence-corrected chi connectivity index (χ1v) is 9.64. The van der Waals surface area contributed by atoms with Gasteiger partial charge in [0.2, 0.25) is 5.91 Å². The Hall–Kier alpha value is -2.37. The van der Waals surface area contributed by atoms with Crippen LogP contribution in [0.4, 0.5) is 0 Å². The average molecular weight is 383 g/mol. The summed E-state index contributed by atoms with van der Waals surface area (Å²) in [7, 11) is 0. The van der Waals surface area contributed by atoms with E-state index in [1.807, 2.05) is 35.2 Å². The van der Waals surface area contributed by atoms with Gasteiger partial charge in [-0.05, 0) is 29.8 Å². The Morgan fingerprint density at radius 2 is 1.81 bits per heavy atom. The lowest BCUT2D eigenvalue weighted by atomic mass is 10.2. The van der Waals surface area contributed by atoms with Crippen molar-refractivity contribution < 1.29 is 4.79 Å². The summed E-state index contributed by atoms with van der Waals surface area (Å²) < 4.78 is 2.28. The highest BCUT2D eigenvalue weighted by atomic mass is 35.5. The van der Waals surface area contributed by atoms with Gasteiger partial charge < -0.3 is 9.47 Å². The number of para-hydroxylation sites is 2. The summed E-state index contributed by atoms with van der Waals surface area (Å²) in [5, 5.41) is 0.749. The fourth-order valence-corrected chi connectivity index (χ4v) is 3.87. The Kier molecular flexibility index (Phi) is 5.14. The van der Waals surface area contributed by atoms with Crippen molar-refractivity contribution in [2.24, 2.45) is 0 Å². The van der Waals surface area contributed by atoms with E-state index in [4.69, 9.17) is 16.6 Å². The Balaban J connectivity index is 1.59. The van der Waals surface area contributed by atoms with Gasteiger partial charge in [0.1, 0.15) is 5.82 Å². The van der Waals surface area contributed by atoms with Gasteiger partial charge in [-0.3, -0.25) is 9.69 Å². The monoisotopic (exact) mass is 382 g/mol. The third-order valence-corrected chi connectivity index (χ3v) is 5.38. The standard InChI is InChI=1S/C21H23ClN4O/c1-16(27)25-11-9-24(10-12-25)15-21-23-19-7-2-3-8-20(19)26(21)14-17-5-4-6-18(22)13-17/h2-8,13H,9-12,14-15H2,1H3. The maximum Gasteiger partial charge on any atom is 0.219 e. The number of halogens is 1. The first kappa shape index (κ1) is 18.0. The maximum atomic E-state index is 11.5. The summed E-state index contributed by atoms with van der Waals surface area (Å²) in [4.78, 5) is 20.7. The van der Waals surface area contributed by atoms with E-state index < -0.39 is 0 Å². The number of nitrogens with zero attached hydrogens (tertiary/aromatic N) is 4. The molecular weight excluding hydrogens is 360 g/mol. The number of aromatic nitrogens is 2. The van der Waals surface area contributed by atoms with Gasteiger partial charge in [-0.1, -0.05) is 35.9 Å². The summed E-state index contributed by atoms with van der Waals surface area (Å²) in [6.45, 7) is 6.47. The van der Waals surface area contributed by atoms with Gasteiger partial charge in [0.05, 0.1) is 17.6 Å². The summed E-state index contributed by atoms with van der Waals surface area (Å²) in [6.07, 6.45) is 0. The number of fused-ring (bicyclic) bond motifs is 1. The van der Waals surface area contributed by atoms with Crippen molar-refractivity contribution in [3.05, 3.63) is 64.9 Å². The molecule has 0 spiro atoms. The number of piperazine rings is 1. The predicted molar refractivity (Wildman–Crippen MR) is 108 cm³/mol. The smallest absolute Gasteiger partial charge is 0.219 e. The van der Waals surface area contributed by atoms with Crippen LogP contribution in [0, 0.1) is 0 Å². The number of carbonyl (C=O) groups is 1. The van der Waals surface area contributed by atoms with Gasteiger partial charge in [0, 0.05) is 44.7 Å². The first-order chi connectivity index (χ1) is 13.1. The predicted octanol–water partition coefficient (Wildman–Crippen LogP) is 3.40. The van der Waals surface area contributed by atoms with E-state index in [0.29, 0.717) is 0 Å². The molecule has 0 N–H and O–H groups in total. The molecule has 1 aromatic heterocycles. The molecule has 1 aliphatic rings. The topological polar surface area (TPSA) is 41.4 Å². The van der Waals surface area contributed by atoms with Crippen molar-refractivity contribution in [1.82, 2.24) is 19.4 Å². The molecule has 1 amide bonds. The molecule has 0 bridgehead atoms. The molecule has 140 valence electrons. The molecule has 1 saturated heterocycles. The molecular formula is C21H23ClN4O. The zero-order valence-corrected chi connectivity index (χ0v) is 16.2. The molecule has 1 fully saturated rings. The van der Waals surface area contributed by atoms with Gasteiger partial charge >= 0.3 is 0 Å². The Morgan fingerprint density at radius 3 is 2.56 bits per heavy atom. The lowest BCUT2D eigenvalue weighted by molar-refractivity contribution is -0.130. The lowest BCUT2D eigenvalue weighted by Crippen LogP contribution is -2.47. The van der Waals surface area contributed by atoms with Gasteiger partial charge in [-0.2, -0.15) is 0 Å². The molecule has 3 aromatic rings. The van der Waals surface area contributed by atoms with Gasteiger partial charge in [-0.15, -0.1) is 0 Å². The largest absolute Gasteiger partial charge is 0.340 e. The van der Waals surface area contributed by atoms with Crippen LogP contribution in [-0.2, 0) is 17.9 Å². The van der Waals surface area contributed by atoms with Gasteiger partial charge in [0.25, 0.3) is 0 Å². The molecule has 4 rings (SSSR count). The van der Waals surface area contributed by atoms with Crippen LogP contribution in [0.2, 0.25) is 5.02 Å². The molecule has 27 heavy (non-hydrogen) atoms. The van der Waals surface area contributed by atoms with Crippen LogP contribution in [0.1, 0.15) is 18.3 Å². The molecule has 0 unspecified atom stereocenters. The second kappa shape index (κ2) is 7.71. The van der Waals surface area contributed by atoms with Crippen molar-refractivity contribution in [2.45, 2.75) is 20.0 Å². The summed E-state index contributed by atoms with van der Waals surface area (Å²) in [5.41, 5.74) is 3.31. The number of carbonyl (C=O) groups excluding carboxylic acids is 1. The molecule has 2 heterocycles. The minimum atomic E-state index is 0.155. The molecule has 6 heteroatoms. The fourth-order valence-electron chi connectivity index (χ4n) is 3.66. The molecule has 5 nitrogen and oxygen atoms in total. The fraction of sp³-hybridized carbons (Fsp3) is 0.333. The third kappa shape index (κ3) is 3.99. The van der Waals surface area contributed by atoms with Gasteiger partial charge in [-0.25, -0.2) is 4.98 Å². The van der Waals surface area contributed by atoms with E-state index in [1.165, 1.54) is 0 Å². The number of rotatable bonds is 4.